The molecular formula is C25H27ClN2O. The van der Waals surface area contributed by atoms with Crippen molar-refractivity contribution in [2.45, 2.75) is 38.1 Å². The minimum atomic E-state index is 0.173. The second-order valence-corrected chi connectivity index (χ2v) is 9.18. The summed E-state index contributed by atoms with van der Waals surface area (Å²) in [6.45, 7) is 4.01. The van der Waals surface area contributed by atoms with Crippen molar-refractivity contribution >= 4 is 23.2 Å². The Labute approximate surface area is 177 Å². The zero-order valence-electron chi connectivity index (χ0n) is 16.8. The van der Waals surface area contributed by atoms with Crippen LogP contribution in [0.2, 0.25) is 5.02 Å². The maximum Gasteiger partial charge on any atom is 0.253 e. The van der Waals surface area contributed by atoms with Gasteiger partial charge >= 0.3 is 0 Å². The van der Waals surface area contributed by atoms with Crippen molar-refractivity contribution < 1.29 is 4.79 Å². The van der Waals surface area contributed by atoms with Gasteiger partial charge in [-0.25, -0.2) is 0 Å². The number of carbonyl (C=O) groups is 1. The lowest BCUT2D eigenvalue weighted by Gasteiger charge is -2.38. The van der Waals surface area contributed by atoms with E-state index in [9.17, 15) is 4.79 Å². The first-order valence-electron chi connectivity index (χ1n) is 10.7. The number of fused-ring (bicyclic) bond motifs is 3. The minimum absolute atomic E-state index is 0.173. The van der Waals surface area contributed by atoms with E-state index in [0.717, 1.165) is 60.1 Å². The molecule has 0 aromatic heterocycles. The summed E-state index contributed by atoms with van der Waals surface area (Å²) in [7, 11) is 0. The number of rotatable bonds is 2. The SMILES string of the molecule is CC1CCN(C(=O)c2ccc3c(c2)C2C=CCC2C(c2ccccc2Cl)N3)CC1. The molecule has 1 N–H and O–H groups in total. The van der Waals surface area contributed by atoms with Gasteiger partial charge in [-0.2, -0.15) is 0 Å². The molecule has 3 aliphatic rings. The number of likely N-dealkylation sites (tertiary alicyclic amines) is 1. The van der Waals surface area contributed by atoms with E-state index in [1.165, 1.54) is 5.56 Å². The third kappa shape index (κ3) is 3.36. The summed E-state index contributed by atoms with van der Waals surface area (Å²) in [6.07, 6.45) is 7.81. The largest absolute Gasteiger partial charge is 0.378 e. The summed E-state index contributed by atoms with van der Waals surface area (Å²) in [6, 6.07) is 14.5. The molecule has 2 aliphatic heterocycles. The summed E-state index contributed by atoms with van der Waals surface area (Å²) in [5.74, 6) is 1.63. The van der Waals surface area contributed by atoms with E-state index >= 15 is 0 Å². The van der Waals surface area contributed by atoms with Gasteiger partial charge in [0.05, 0.1) is 6.04 Å². The maximum absolute atomic E-state index is 13.1. The van der Waals surface area contributed by atoms with Crippen molar-refractivity contribution in [3.05, 3.63) is 76.3 Å². The fourth-order valence-electron chi connectivity index (χ4n) is 5.16. The van der Waals surface area contributed by atoms with E-state index in [1.54, 1.807) is 0 Å². The predicted octanol–water partition coefficient (Wildman–Crippen LogP) is 6.04. The number of anilines is 1. The normalized spacial score (nSPS) is 26.0. The summed E-state index contributed by atoms with van der Waals surface area (Å²) in [4.78, 5) is 15.1. The van der Waals surface area contributed by atoms with Gasteiger partial charge in [0.2, 0.25) is 0 Å². The number of hydrogen-bond acceptors (Lipinski definition) is 2. The Hall–Kier alpha value is -2.26. The molecule has 3 atom stereocenters. The summed E-state index contributed by atoms with van der Waals surface area (Å²) >= 11 is 6.53. The first-order chi connectivity index (χ1) is 14.1. The molecule has 1 amide bonds. The number of benzene rings is 2. The highest BCUT2D eigenvalue weighted by atomic mass is 35.5. The summed E-state index contributed by atoms with van der Waals surface area (Å²) in [5, 5.41) is 4.54. The van der Waals surface area contributed by atoms with Crippen molar-refractivity contribution in [3.8, 4) is 0 Å². The van der Waals surface area contributed by atoms with E-state index < -0.39 is 0 Å². The molecule has 3 nitrogen and oxygen atoms in total. The number of amides is 1. The third-order valence-corrected chi connectivity index (χ3v) is 7.27. The van der Waals surface area contributed by atoms with Crippen molar-refractivity contribution in [2.24, 2.45) is 11.8 Å². The van der Waals surface area contributed by atoms with Crippen LogP contribution >= 0.6 is 11.6 Å². The average Bonchev–Trinajstić information content (AvgIpc) is 3.24. The molecule has 5 rings (SSSR count). The fourth-order valence-corrected chi connectivity index (χ4v) is 5.41. The molecule has 0 bridgehead atoms. The zero-order chi connectivity index (χ0) is 20.0. The van der Waals surface area contributed by atoms with Crippen LogP contribution in [0.25, 0.3) is 0 Å². The van der Waals surface area contributed by atoms with Crippen molar-refractivity contribution in [1.82, 2.24) is 4.90 Å². The highest BCUT2D eigenvalue weighted by Gasteiger charge is 2.39. The second kappa shape index (κ2) is 7.53. The van der Waals surface area contributed by atoms with Crippen molar-refractivity contribution in [2.75, 3.05) is 18.4 Å². The predicted molar refractivity (Wildman–Crippen MR) is 119 cm³/mol. The molecule has 3 unspecified atom stereocenters. The number of nitrogens with one attached hydrogen (secondary N) is 1. The number of hydrogen-bond donors (Lipinski definition) is 1. The van der Waals surface area contributed by atoms with Gasteiger partial charge in [-0.15, -0.1) is 0 Å². The molecule has 2 aromatic carbocycles. The molecule has 1 aliphatic carbocycles. The Balaban J connectivity index is 1.46. The standard InChI is InChI=1S/C25H27ClN2O/c1-16-11-13-28(14-12-16)25(29)17-9-10-23-21(15-17)18-6-4-7-19(18)24(27-23)20-5-2-3-8-22(20)26/h2-6,8-10,15-16,18-19,24,27H,7,11-14H2,1H3. The molecule has 2 aromatic rings. The van der Waals surface area contributed by atoms with E-state index in [2.05, 4.69) is 48.7 Å². The Morgan fingerprint density at radius 2 is 1.90 bits per heavy atom. The monoisotopic (exact) mass is 406 g/mol. The van der Waals surface area contributed by atoms with Crippen LogP contribution in [0.4, 0.5) is 5.69 Å². The lowest BCUT2D eigenvalue weighted by atomic mass is 9.76. The Kier molecular flexibility index (Phi) is 4.87. The highest BCUT2D eigenvalue weighted by molar-refractivity contribution is 6.31. The first kappa shape index (κ1) is 18.7. The van der Waals surface area contributed by atoms with Crippen LogP contribution < -0.4 is 5.32 Å². The fraction of sp³-hybridized carbons (Fsp3) is 0.400. The van der Waals surface area contributed by atoms with Crippen LogP contribution in [0.5, 0.6) is 0 Å². The van der Waals surface area contributed by atoms with Crippen molar-refractivity contribution in [1.29, 1.82) is 0 Å². The van der Waals surface area contributed by atoms with Crippen LogP contribution in [0.3, 0.4) is 0 Å². The van der Waals surface area contributed by atoms with Gasteiger partial charge in [0.25, 0.3) is 5.91 Å². The topological polar surface area (TPSA) is 32.3 Å². The summed E-state index contributed by atoms with van der Waals surface area (Å²) < 4.78 is 0. The number of halogens is 1. The Bertz CT molecular complexity index is 961. The van der Waals surface area contributed by atoms with Gasteiger partial charge in [0.1, 0.15) is 0 Å². The van der Waals surface area contributed by atoms with E-state index in [1.807, 2.05) is 23.1 Å². The smallest absolute Gasteiger partial charge is 0.253 e. The average molecular weight is 407 g/mol. The molecule has 0 saturated carbocycles. The molecule has 29 heavy (non-hydrogen) atoms. The lowest BCUT2D eigenvalue weighted by molar-refractivity contribution is 0.0697. The number of carbonyl (C=O) groups excluding carboxylic acids is 1. The van der Waals surface area contributed by atoms with Crippen LogP contribution in [0, 0.1) is 11.8 Å². The minimum Gasteiger partial charge on any atom is -0.378 e. The number of piperidine rings is 1. The van der Waals surface area contributed by atoms with Crippen LogP contribution in [-0.2, 0) is 0 Å². The van der Waals surface area contributed by atoms with Gasteiger partial charge in [0.15, 0.2) is 0 Å². The van der Waals surface area contributed by atoms with Gasteiger partial charge in [-0.1, -0.05) is 48.9 Å². The van der Waals surface area contributed by atoms with Crippen LogP contribution in [0.15, 0.2) is 54.6 Å². The van der Waals surface area contributed by atoms with Gasteiger partial charge in [0, 0.05) is 35.3 Å². The van der Waals surface area contributed by atoms with Gasteiger partial charge in [-0.3, -0.25) is 4.79 Å². The Morgan fingerprint density at radius 1 is 1.10 bits per heavy atom. The highest BCUT2D eigenvalue weighted by Crippen LogP contribution is 2.50. The number of nitrogens with zero attached hydrogens (tertiary/aromatic N) is 1. The van der Waals surface area contributed by atoms with E-state index in [-0.39, 0.29) is 11.9 Å². The van der Waals surface area contributed by atoms with Crippen LogP contribution in [0.1, 0.15) is 59.6 Å². The Morgan fingerprint density at radius 3 is 2.69 bits per heavy atom. The molecule has 0 spiro atoms. The van der Waals surface area contributed by atoms with E-state index in [0.29, 0.717) is 11.8 Å². The molecule has 1 saturated heterocycles. The third-order valence-electron chi connectivity index (χ3n) is 6.92. The molecule has 2 heterocycles. The maximum atomic E-state index is 13.1. The first-order valence-corrected chi connectivity index (χ1v) is 11.1. The number of allylic oxidation sites excluding steroid dienone is 2. The lowest BCUT2D eigenvalue weighted by Crippen LogP contribution is -2.38. The van der Waals surface area contributed by atoms with Gasteiger partial charge < -0.3 is 10.2 Å². The van der Waals surface area contributed by atoms with Gasteiger partial charge in [-0.05, 0) is 66.5 Å². The second-order valence-electron chi connectivity index (χ2n) is 8.77. The molecular weight excluding hydrogens is 380 g/mol. The van der Waals surface area contributed by atoms with E-state index in [4.69, 9.17) is 11.6 Å². The summed E-state index contributed by atoms with van der Waals surface area (Å²) in [5.41, 5.74) is 4.33. The quantitative estimate of drug-likeness (QED) is 0.616. The molecule has 1 fully saturated rings. The molecule has 4 heteroatoms. The molecule has 150 valence electrons. The molecule has 0 radical (unpaired) electrons. The van der Waals surface area contributed by atoms with Crippen molar-refractivity contribution in [3.63, 3.8) is 0 Å². The van der Waals surface area contributed by atoms with Crippen LogP contribution in [-0.4, -0.2) is 23.9 Å². The zero-order valence-corrected chi connectivity index (χ0v) is 17.5.